The van der Waals surface area contributed by atoms with E-state index in [1.165, 1.54) is 40.9 Å². The number of methoxy groups -OCH3 is 4. The van der Waals surface area contributed by atoms with Crippen molar-refractivity contribution in [1.29, 1.82) is 5.41 Å². The molecule has 0 spiro atoms. The van der Waals surface area contributed by atoms with Crippen LogP contribution in [0.1, 0.15) is 11.1 Å². The summed E-state index contributed by atoms with van der Waals surface area (Å²) in [5.41, 5.74) is 6.60. The molecule has 0 radical (unpaired) electrons. The maximum atomic E-state index is 7.70. The molecule has 160 valence electrons. The number of halogens is 2. The Labute approximate surface area is 184 Å². The minimum absolute atomic E-state index is 0.288. The van der Waals surface area contributed by atoms with E-state index in [-0.39, 0.29) is 10.0 Å². The Kier molecular flexibility index (Phi) is 8.14. The molecule has 3 N–H and O–H groups in total. The van der Waals surface area contributed by atoms with Gasteiger partial charge in [-0.2, -0.15) is 10.2 Å². The molecule has 0 aromatic heterocycles. The maximum Gasteiger partial charge on any atom is 0.232 e. The molecule has 0 atom stereocenters. The summed E-state index contributed by atoms with van der Waals surface area (Å²) in [6.45, 7) is 0. The highest BCUT2D eigenvalue weighted by atomic mass is 35.5. The summed E-state index contributed by atoms with van der Waals surface area (Å²) >= 11 is 12.7. The van der Waals surface area contributed by atoms with Gasteiger partial charge in [-0.3, -0.25) is 5.41 Å². The van der Waals surface area contributed by atoms with Gasteiger partial charge in [0.05, 0.1) is 50.9 Å². The number of rotatable bonds is 8. The van der Waals surface area contributed by atoms with Gasteiger partial charge >= 0.3 is 0 Å². The van der Waals surface area contributed by atoms with E-state index < -0.39 is 5.96 Å². The molecule has 0 amide bonds. The lowest BCUT2D eigenvalue weighted by Crippen LogP contribution is -2.28. The second kappa shape index (κ2) is 10.6. The van der Waals surface area contributed by atoms with Gasteiger partial charge in [0, 0.05) is 11.1 Å². The van der Waals surface area contributed by atoms with Crippen LogP contribution in [0.3, 0.4) is 0 Å². The van der Waals surface area contributed by atoms with E-state index in [0.29, 0.717) is 34.1 Å². The predicted octanol–water partition coefficient (Wildman–Crippen LogP) is 3.59. The quantitative estimate of drug-likeness (QED) is 0.358. The molecule has 0 unspecified atom stereocenters. The van der Waals surface area contributed by atoms with E-state index in [4.69, 9.17) is 53.3 Å². The number of hydrazone groups is 2. The van der Waals surface area contributed by atoms with Gasteiger partial charge in [-0.1, -0.05) is 23.2 Å². The summed E-state index contributed by atoms with van der Waals surface area (Å²) < 4.78 is 20.9. The number of hydrogen-bond donors (Lipinski definition) is 2. The fraction of sp³-hybridized carbons (Fsp3) is 0.211. The van der Waals surface area contributed by atoms with Crippen LogP contribution < -0.4 is 24.7 Å². The van der Waals surface area contributed by atoms with Crippen molar-refractivity contribution in [2.45, 2.75) is 0 Å². The SMILES string of the molecule is COc1ccc(/C=N/N(/N=C/c2ccc(OC)c(OC)c2Cl)C(=N)N)c(Cl)c1OC. The Morgan fingerprint density at radius 2 is 1.23 bits per heavy atom. The Balaban J connectivity index is 2.33. The first-order valence-electron chi connectivity index (χ1n) is 8.40. The van der Waals surface area contributed by atoms with Crippen molar-refractivity contribution in [3.63, 3.8) is 0 Å². The summed E-state index contributed by atoms with van der Waals surface area (Å²) in [6, 6.07) is 6.72. The summed E-state index contributed by atoms with van der Waals surface area (Å²) in [6.07, 6.45) is 2.78. The maximum absolute atomic E-state index is 7.70. The van der Waals surface area contributed by atoms with Gasteiger partial charge in [0.15, 0.2) is 23.0 Å². The highest BCUT2D eigenvalue weighted by Crippen LogP contribution is 2.37. The van der Waals surface area contributed by atoms with E-state index in [1.807, 2.05) is 0 Å². The molecule has 0 aliphatic heterocycles. The van der Waals surface area contributed by atoms with Crippen molar-refractivity contribution in [3.8, 4) is 23.0 Å². The van der Waals surface area contributed by atoms with Crippen LogP contribution in [0, 0.1) is 5.41 Å². The number of benzene rings is 2. The molecule has 11 heteroatoms. The molecule has 0 aliphatic rings. The topological polar surface area (TPSA) is 115 Å². The molecular weight excluding hydrogens is 433 g/mol. The molecule has 0 bridgehead atoms. The van der Waals surface area contributed by atoms with E-state index in [0.717, 1.165) is 5.12 Å². The second-order valence-corrected chi connectivity index (χ2v) is 6.33. The van der Waals surface area contributed by atoms with Crippen LogP contribution in [0.15, 0.2) is 34.5 Å². The Bertz CT molecular complexity index is 910. The van der Waals surface area contributed by atoms with E-state index in [2.05, 4.69) is 10.2 Å². The molecule has 2 aromatic carbocycles. The predicted molar refractivity (Wildman–Crippen MR) is 118 cm³/mol. The molecular formula is C19H21Cl2N5O4. The van der Waals surface area contributed by atoms with Crippen molar-refractivity contribution >= 4 is 41.6 Å². The summed E-state index contributed by atoms with van der Waals surface area (Å²) in [4.78, 5) is 0. The van der Waals surface area contributed by atoms with Gasteiger partial charge in [-0.15, -0.1) is 5.12 Å². The number of guanidine groups is 1. The van der Waals surface area contributed by atoms with Crippen molar-refractivity contribution in [2.24, 2.45) is 15.9 Å². The third-order valence-corrected chi connectivity index (χ3v) is 4.64. The fourth-order valence-corrected chi connectivity index (χ4v) is 2.96. The van der Waals surface area contributed by atoms with E-state index in [9.17, 15) is 0 Å². The lowest BCUT2D eigenvalue weighted by atomic mass is 10.2. The molecule has 2 aromatic rings. The average molecular weight is 454 g/mol. The lowest BCUT2D eigenvalue weighted by molar-refractivity contribution is 0.355. The number of nitrogens with zero attached hydrogens (tertiary/aromatic N) is 3. The number of ether oxygens (including phenoxy) is 4. The monoisotopic (exact) mass is 453 g/mol. The van der Waals surface area contributed by atoms with Crippen molar-refractivity contribution in [2.75, 3.05) is 28.4 Å². The molecule has 0 heterocycles. The Morgan fingerprint density at radius 1 is 0.833 bits per heavy atom. The average Bonchev–Trinajstić information content (AvgIpc) is 2.74. The van der Waals surface area contributed by atoms with Crippen LogP contribution in [0.5, 0.6) is 23.0 Å². The normalized spacial score (nSPS) is 11.0. The molecule has 0 saturated heterocycles. The Hall–Kier alpha value is -3.17. The van der Waals surface area contributed by atoms with Crippen LogP contribution in [-0.4, -0.2) is 51.9 Å². The smallest absolute Gasteiger partial charge is 0.232 e. The number of nitrogens with two attached hydrogens (primary N) is 1. The van der Waals surface area contributed by atoms with Gasteiger partial charge in [-0.25, -0.2) is 0 Å². The standard InChI is InChI=1S/C19H21Cl2N5O4/c1-27-13-7-5-11(15(20)17(13)29-3)9-24-26(19(22)23)25-10-12-6-8-14(28-2)18(30-4)16(12)21/h5-10H,1-4H3,(H3,22,23)/b24-9+,25-10+. The largest absolute Gasteiger partial charge is 0.493 e. The molecule has 0 saturated carbocycles. The first kappa shape index (κ1) is 23.1. The zero-order valence-corrected chi connectivity index (χ0v) is 18.3. The summed E-state index contributed by atoms with van der Waals surface area (Å²) in [7, 11) is 5.97. The van der Waals surface area contributed by atoms with Crippen LogP contribution in [0.4, 0.5) is 0 Å². The van der Waals surface area contributed by atoms with Crippen molar-refractivity contribution in [1.82, 2.24) is 5.12 Å². The summed E-state index contributed by atoms with van der Waals surface area (Å²) in [5.74, 6) is 1.25. The lowest BCUT2D eigenvalue weighted by Gasteiger charge is -2.13. The minimum atomic E-state index is -0.421. The van der Waals surface area contributed by atoms with Gasteiger partial charge in [0.1, 0.15) is 0 Å². The van der Waals surface area contributed by atoms with Crippen LogP contribution in [0.2, 0.25) is 10.0 Å². The first-order valence-corrected chi connectivity index (χ1v) is 9.16. The number of hydrogen-bond acceptors (Lipinski definition) is 7. The number of nitrogens with one attached hydrogen (secondary N) is 1. The van der Waals surface area contributed by atoms with Gasteiger partial charge in [-0.05, 0) is 24.3 Å². The highest BCUT2D eigenvalue weighted by molar-refractivity contribution is 6.35. The molecule has 30 heavy (non-hydrogen) atoms. The second-order valence-electron chi connectivity index (χ2n) is 5.57. The third-order valence-electron chi connectivity index (χ3n) is 3.86. The van der Waals surface area contributed by atoms with E-state index in [1.54, 1.807) is 24.3 Å². The highest BCUT2D eigenvalue weighted by Gasteiger charge is 2.14. The molecule has 0 fully saturated rings. The van der Waals surface area contributed by atoms with E-state index >= 15 is 0 Å². The van der Waals surface area contributed by atoms with Gasteiger partial charge < -0.3 is 24.7 Å². The van der Waals surface area contributed by atoms with Crippen molar-refractivity contribution in [3.05, 3.63) is 45.4 Å². The van der Waals surface area contributed by atoms with Crippen molar-refractivity contribution < 1.29 is 18.9 Å². The van der Waals surface area contributed by atoms with Gasteiger partial charge in [0.25, 0.3) is 0 Å². The molecule has 9 nitrogen and oxygen atoms in total. The summed E-state index contributed by atoms with van der Waals surface area (Å²) in [5, 5.41) is 17.3. The Morgan fingerprint density at radius 3 is 1.53 bits per heavy atom. The third kappa shape index (κ3) is 5.05. The van der Waals surface area contributed by atoms with Crippen LogP contribution in [0.25, 0.3) is 0 Å². The first-order chi connectivity index (χ1) is 14.4. The van der Waals surface area contributed by atoms with Crippen LogP contribution >= 0.6 is 23.2 Å². The fourth-order valence-electron chi connectivity index (χ4n) is 2.40. The molecule has 0 aliphatic carbocycles. The zero-order valence-electron chi connectivity index (χ0n) is 16.8. The minimum Gasteiger partial charge on any atom is -0.493 e. The van der Waals surface area contributed by atoms with Crippen LogP contribution in [-0.2, 0) is 0 Å². The molecule has 2 rings (SSSR count). The zero-order chi connectivity index (χ0) is 22.3. The van der Waals surface area contributed by atoms with Gasteiger partial charge in [0.2, 0.25) is 5.96 Å².